The van der Waals surface area contributed by atoms with Gasteiger partial charge < -0.3 is 9.26 Å². The lowest BCUT2D eigenvalue weighted by Crippen LogP contribution is -2.39. The molecule has 1 aliphatic heterocycles. The summed E-state index contributed by atoms with van der Waals surface area (Å²) < 4.78 is 38.3. The molecule has 6 nitrogen and oxygen atoms in total. The van der Waals surface area contributed by atoms with Crippen LogP contribution in [0, 0.1) is 12.8 Å². The monoisotopic (exact) mass is 350 g/mol. The predicted molar refractivity (Wildman–Crippen MR) is 90.4 cm³/mol. The van der Waals surface area contributed by atoms with Crippen molar-refractivity contribution in [2.24, 2.45) is 5.92 Å². The van der Waals surface area contributed by atoms with Gasteiger partial charge in [0.1, 0.15) is 10.6 Å². The minimum atomic E-state index is -3.62. The highest BCUT2D eigenvalue weighted by Gasteiger charge is 2.31. The number of methoxy groups -OCH3 is 1. The Morgan fingerprint density at radius 3 is 2.75 bits per heavy atom. The zero-order valence-corrected chi connectivity index (χ0v) is 15.0. The van der Waals surface area contributed by atoms with Gasteiger partial charge in [0.05, 0.1) is 12.8 Å². The Bertz CT molecular complexity index is 829. The van der Waals surface area contributed by atoms with Crippen LogP contribution in [0.1, 0.15) is 25.5 Å². The third kappa shape index (κ3) is 3.18. The van der Waals surface area contributed by atoms with Crippen molar-refractivity contribution in [3.05, 3.63) is 30.0 Å². The zero-order valence-electron chi connectivity index (χ0n) is 14.2. The second-order valence-electron chi connectivity index (χ2n) is 6.31. The third-order valence-corrected chi connectivity index (χ3v) is 6.20. The number of piperidine rings is 1. The van der Waals surface area contributed by atoms with Crippen molar-refractivity contribution in [3.8, 4) is 17.1 Å². The maximum absolute atomic E-state index is 13.1. The Labute approximate surface area is 142 Å². The van der Waals surface area contributed by atoms with E-state index in [1.807, 2.05) is 6.92 Å². The zero-order chi connectivity index (χ0) is 17.3. The second-order valence-corrected chi connectivity index (χ2v) is 8.21. The lowest BCUT2D eigenvalue weighted by atomic mass is 10.0. The van der Waals surface area contributed by atoms with E-state index in [9.17, 15) is 8.42 Å². The van der Waals surface area contributed by atoms with E-state index in [0.717, 1.165) is 18.5 Å². The van der Waals surface area contributed by atoms with Crippen LogP contribution in [0.4, 0.5) is 0 Å². The first-order valence-corrected chi connectivity index (χ1v) is 9.47. The third-order valence-electron chi connectivity index (χ3n) is 4.31. The quantitative estimate of drug-likeness (QED) is 0.847. The molecule has 0 radical (unpaired) electrons. The van der Waals surface area contributed by atoms with Crippen molar-refractivity contribution >= 4 is 10.0 Å². The minimum absolute atomic E-state index is 0.172. The van der Waals surface area contributed by atoms with Crippen LogP contribution in [-0.4, -0.2) is 38.1 Å². The van der Waals surface area contributed by atoms with Crippen molar-refractivity contribution < 1.29 is 17.7 Å². The Kier molecular flexibility index (Phi) is 4.64. The van der Waals surface area contributed by atoms with Gasteiger partial charge in [0.15, 0.2) is 5.76 Å². The van der Waals surface area contributed by atoms with E-state index in [1.165, 1.54) is 7.11 Å². The average Bonchev–Trinajstić information content (AvgIpc) is 3.00. The van der Waals surface area contributed by atoms with Crippen molar-refractivity contribution in [1.29, 1.82) is 0 Å². The predicted octanol–water partition coefficient (Wildman–Crippen LogP) is 3.08. The van der Waals surface area contributed by atoms with Crippen molar-refractivity contribution in [2.75, 3.05) is 20.2 Å². The van der Waals surface area contributed by atoms with Gasteiger partial charge in [-0.25, -0.2) is 8.42 Å². The molecule has 0 N–H and O–H groups in total. The van der Waals surface area contributed by atoms with E-state index in [2.05, 4.69) is 12.1 Å². The number of benzene rings is 1. The molecule has 0 saturated carbocycles. The first-order chi connectivity index (χ1) is 11.4. The van der Waals surface area contributed by atoms with Crippen LogP contribution in [0.2, 0.25) is 0 Å². The molecule has 1 aromatic carbocycles. The van der Waals surface area contributed by atoms with Crippen LogP contribution in [0.5, 0.6) is 5.75 Å². The molecule has 0 aliphatic carbocycles. The first-order valence-electron chi connectivity index (χ1n) is 8.03. The molecule has 24 heavy (non-hydrogen) atoms. The van der Waals surface area contributed by atoms with Gasteiger partial charge >= 0.3 is 0 Å². The number of nitrogens with zero attached hydrogens (tertiary/aromatic N) is 2. The summed E-state index contributed by atoms with van der Waals surface area (Å²) in [6.45, 7) is 4.98. The molecule has 1 atom stereocenters. The number of aryl methyl sites for hydroxylation is 1. The smallest absolute Gasteiger partial charge is 0.246 e. The minimum Gasteiger partial charge on any atom is -0.495 e. The number of hydrogen-bond acceptors (Lipinski definition) is 5. The fourth-order valence-corrected chi connectivity index (χ4v) is 4.81. The SMILES string of the molecule is COc1ccc(-c2cc(C)no2)cc1S(=O)(=O)N1CCC[C@@H](C)C1. The molecule has 7 heteroatoms. The largest absolute Gasteiger partial charge is 0.495 e. The van der Waals surface area contributed by atoms with E-state index < -0.39 is 10.0 Å². The lowest BCUT2D eigenvalue weighted by Gasteiger charge is -2.30. The van der Waals surface area contributed by atoms with Gasteiger partial charge in [0.2, 0.25) is 10.0 Å². The molecule has 1 aromatic heterocycles. The van der Waals surface area contributed by atoms with Crippen LogP contribution in [0.25, 0.3) is 11.3 Å². The van der Waals surface area contributed by atoms with Crippen LogP contribution in [0.15, 0.2) is 33.7 Å². The van der Waals surface area contributed by atoms with E-state index in [-0.39, 0.29) is 4.90 Å². The Hall–Kier alpha value is -1.86. The average molecular weight is 350 g/mol. The molecule has 0 unspecified atom stereocenters. The summed E-state index contributed by atoms with van der Waals surface area (Å²) in [5.74, 6) is 1.24. The van der Waals surface area contributed by atoms with E-state index >= 15 is 0 Å². The van der Waals surface area contributed by atoms with Crippen LogP contribution in [0.3, 0.4) is 0 Å². The van der Waals surface area contributed by atoms with Crippen LogP contribution >= 0.6 is 0 Å². The highest BCUT2D eigenvalue weighted by Crippen LogP contribution is 2.33. The lowest BCUT2D eigenvalue weighted by molar-refractivity contribution is 0.280. The Morgan fingerprint density at radius 1 is 1.33 bits per heavy atom. The van der Waals surface area contributed by atoms with Gasteiger partial charge in [-0.1, -0.05) is 12.1 Å². The van der Waals surface area contributed by atoms with E-state index in [4.69, 9.17) is 9.26 Å². The molecule has 1 fully saturated rings. The first kappa shape index (κ1) is 17.0. The van der Waals surface area contributed by atoms with E-state index in [0.29, 0.717) is 36.1 Å². The molecular formula is C17H22N2O4S. The Balaban J connectivity index is 2.04. The summed E-state index contributed by atoms with van der Waals surface area (Å²) in [5.41, 5.74) is 1.41. The topological polar surface area (TPSA) is 72.6 Å². The summed E-state index contributed by atoms with van der Waals surface area (Å²) in [6.07, 6.45) is 1.93. The second kappa shape index (κ2) is 6.57. The summed E-state index contributed by atoms with van der Waals surface area (Å²) in [5, 5.41) is 3.86. The molecule has 1 saturated heterocycles. The van der Waals surface area contributed by atoms with Gasteiger partial charge in [-0.3, -0.25) is 0 Å². The number of ether oxygens (including phenoxy) is 1. The molecule has 0 bridgehead atoms. The molecule has 1 aliphatic rings. The Morgan fingerprint density at radius 2 is 2.12 bits per heavy atom. The molecule has 130 valence electrons. The summed E-state index contributed by atoms with van der Waals surface area (Å²) in [6, 6.07) is 6.82. The molecule has 0 amide bonds. The van der Waals surface area contributed by atoms with Crippen molar-refractivity contribution in [3.63, 3.8) is 0 Å². The summed E-state index contributed by atoms with van der Waals surface area (Å²) in [4.78, 5) is 0.172. The maximum Gasteiger partial charge on any atom is 0.246 e. The summed E-state index contributed by atoms with van der Waals surface area (Å²) >= 11 is 0. The van der Waals surface area contributed by atoms with Crippen LogP contribution in [-0.2, 0) is 10.0 Å². The highest BCUT2D eigenvalue weighted by molar-refractivity contribution is 7.89. The standard InChI is InChI=1S/C17H22N2O4S/c1-12-5-4-8-19(11-12)24(20,21)17-10-14(6-7-15(17)22-3)16-9-13(2)18-23-16/h6-7,9-10,12H,4-5,8,11H2,1-3H3/t12-/m1/s1. The molecule has 3 rings (SSSR count). The van der Waals surface area contributed by atoms with E-state index in [1.54, 1.807) is 28.6 Å². The van der Waals surface area contributed by atoms with Gasteiger partial charge in [-0.05, 0) is 43.9 Å². The molecule has 0 spiro atoms. The molecular weight excluding hydrogens is 328 g/mol. The van der Waals surface area contributed by atoms with Crippen LogP contribution < -0.4 is 4.74 Å². The normalized spacial score (nSPS) is 19.4. The highest BCUT2D eigenvalue weighted by atomic mass is 32.2. The fraction of sp³-hybridized carbons (Fsp3) is 0.471. The van der Waals surface area contributed by atoms with Gasteiger partial charge in [-0.15, -0.1) is 0 Å². The molecule has 2 heterocycles. The number of hydrogen-bond donors (Lipinski definition) is 0. The number of aromatic nitrogens is 1. The fourth-order valence-electron chi connectivity index (χ4n) is 3.03. The summed E-state index contributed by atoms with van der Waals surface area (Å²) in [7, 11) is -2.14. The van der Waals surface area contributed by atoms with Gasteiger partial charge in [-0.2, -0.15) is 4.31 Å². The maximum atomic E-state index is 13.1. The molecule has 2 aromatic rings. The van der Waals surface area contributed by atoms with Crippen molar-refractivity contribution in [2.45, 2.75) is 31.6 Å². The van der Waals surface area contributed by atoms with Gasteiger partial charge in [0, 0.05) is 24.7 Å². The number of sulfonamides is 1. The number of rotatable bonds is 4. The van der Waals surface area contributed by atoms with Gasteiger partial charge in [0.25, 0.3) is 0 Å². The van der Waals surface area contributed by atoms with Crippen molar-refractivity contribution in [1.82, 2.24) is 9.46 Å².